The van der Waals surface area contributed by atoms with Crippen LogP contribution in [-0.2, 0) is 0 Å². The van der Waals surface area contributed by atoms with Crippen molar-refractivity contribution in [3.63, 3.8) is 0 Å². The van der Waals surface area contributed by atoms with Crippen LogP contribution in [0.1, 0.15) is 28.9 Å². The van der Waals surface area contributed by atoms with Crippen LogP contribution in [0, 0.1) is 5.92 Å². The lowest BCUT2D eigenvalue weighted by Crippen LogP contribution is -2.17. The SMILES string of the molecule is CC1C(=O)c2ccccc2C1Nc1ccc(N)cc1. The normalized spacial score (nSPS) is 21.2. The van der Waals surface area contributed by atoms with Crippen LogP contribution in [0.5, 0.6) is 0 Å². The van der Waals surface area contributed by atoms with Crippen LogP contribution in [-0.4, -0.2) is 5.78 Å². The van der Waals surface area contributed by atoms with Crippen LogP contribution in [0.2, 0.25) is 0 Å². The molecule has 0 radical (unpaired) electrons. The highest BCUT2D eigenvalue weighted by atomic mass is 16.1. The first-order valence-electron chi connectivity index (χ1n) is 6.42. The second-order valence-corrected chi connectivity index (χ2v) is 4.98. The summed E-state index contributed by atoms with van der Waals surface area (Å²) >= 11 is 0. The topological polar surface area (TPSA) is 55.1 Å². The highest BCUT2D eigenvalue weighted by Gasteiger charge is 2.36. The first-order chi connectivity index (χ1) is 9.16. The molecule has 3 rings (SSSR count). The Kier molecular flexibility index (Phi) is 2.75. The first-order valence-corrected chi connectivity index (χ1v) is 6.42. The molecule has 3 heteroatoms. The van der Waals surface area contributed by atoms with Gasteiger partial charge >= 0.3 is 0 Å². The van der Waals surface area contributed by atoms with E-state index in [0.717, 1.165) is 22.5 Å². The summed E-state index contributed by atoms with van der Waals surface area (Å²) in [6.45, 7) is 1.97. The predicted octanol–water partition coefficient (Wildman–Crippen LogP) is 3.25. The standard InChI is InChI=1S/C16H16N2O/c1-10-15(18-12-8-6-11(17)7-9-12)13-4-2-3-5-14(13)16(10)19/h2-10,15,18H,17H2,1H3. The van der Waals surface area contributed by atoms with Crippen molar-refractivity contribution in [2.45, 2.75) is 13.0 Å². The van der Waals surface area contributed by atoms with Crippen LogP contribution in [0.15, 0.2) is 48.5 Å². The molecular formula is C16H16N2O. The molecule has 2 unspecified atom stereocenters. The fraction of sp³-hybridized carbons (Fsp3) is 0.188. The second kappa shape index (κ2) is 4.43. The summed E-state index contributed by atoms with van der Waals surface area (Å²) < 4.78 is 0. The maximum Gasteiger partial charge on any atom is 0.168 e. The largest absolute Gasteiger partial charge is 0.399 e. The fourth-order valence-corrected chi connectivity index (χ4v) is 2.62. The summed E-state index contributed by atoms with van der Waals surface area (Å²) in [6, 6.07) is 15.4. The van der Waals surface area contributed by atoms with E-state index in [1.54, 1.807) is 0 Å². The minimum absolute atomic E-state index is 0.0346. The van der Waals surface area contributed by atoms with E-state index in [9.17, 15) is 4.79 Å². The van der Waals surface area contributed by atoms with Gasteiger partial charge in [-0.15, -0.1) is 0 Å². The number of nitrogen functional groups attached to an aromatic ring is 1. The van der Waals surface area contributed by atoms with Crippen molar-refractivity contribution in [3.05, 3.63) is 59.7 Å². The Morgan fingerprint density at radius 2 is 1.74 bits per heavy atom. The highest BCUT2D eigenvalue weighted by molar-refractivity contribution is 6.03. The molecule has 3 N–H and O–H groups in total. The Morgan fingerprint density at radius 1 is 1.05 bits per heavy atom. The van der Waals surface area contributed by atoms with Crippen LogP contribution in [0.4, 0.5) is 11.4 Å². The van der Waals surface area contributed by atoms with Crippen LogP contribution in [0.25, 0.3) is 0 Å². The van der Waals surface area contributed by atoms with E-state index in [0.29, 0.717) is 0 Å². The third-order valence-electron chi connectivity index (χ3n) is 3.71. The third-order valence-corrected chi connectivity index (χ3v) is 3.71. The molecule has 0 bridgehead atoms. The lowest BCUT2D eigenvalue weighted by atomic mass is 10.0. The Morgan fingerprint density at radius 3 is 2.47 bits per heavy atom. The molecule has 0 aliphatic heterocycles. The zero-order valence-corrected chi connectivity index (χ0v) is 10.8. The minimum atomic E-state index is -0.0463. The molecule has 1 aliphatic carbocycles. The Hall–Kier alpha value is -2.29. The van der Waals surface area contributed by atoms with Crippen molar-refractivity contribution in [2.75, 3.05) is 11.1 Å². The number of Topliss-reactive ketones (excluding diaryl/α,β-unsaturated/α-hetero) is 1. The molecule has 2 aromatic rings. The molecule has 3 nitrogen and oxygen atoms in total. The van der Waals surface area contributed by atoms with Gasteiger partial charge in [0.1, 0.15) is 0 Å². The summed E-state index contributed by atoms with van der Waals surface area (Å²) in [4.78, 5) is 12.2. The van der Waals surface area contributed by atoms with Gasteiger partial charge in [0.25, 0.3) is 0 Å². The minimum Gasteiger partial charge on any atom is -0.399 e. The van der Waals surface area contributed by atoms with E-state index in [1.807, 2.05) is 55.5 Å². The molecule has 1 aliphatic rings. The van der Waals surface area contributed by atoms with Gasteiger partial charge in [-0.25, -0.2) is 0 Å². The molecule has 0 aromatic heterocycles. The average molecular weight is 252 g/mol. The maximum atomic E-state index is 12.2. The molecular weight excluding hydrogens is 236 g/mol. The lowest BCUT2D eigenvalue weighted by molar-refractivity contribution is 0.0938. The quantitative estimate of drug-likeness (QED) is 0.807. The van der Waals surface area contributed by atoms with Gasteiger partial charge < -0.3 is 11.1 Å². The van der Waals surface area contributed by atoms with Gasteiger partial charge in [0.2, 0.25) is 0 Å². The molecule has 0 saturated carbocycles. The number of nitrogens with one attached hydrogen (secondary N) is 1. The van der Waals surface area contributed by atoms with E-state index >= 15 is 0 Å². The van der Waals surface area contributed by atoms with Crippen molar-refractivity contribution in [2.24, 2.45) is 5.92 Å². The zero-order valence-electron chi connectivity index (χ0n) is 10.8. The average Bonchev–Trinajstić information content (AvgIpc) is 2.67. The van der Waals surface area contributed by atoms with E-state index < -0.39 is 0 Å². The molecule has 0 fully saturated rings. The Balaban J connectivity index is 1.93. The Bertz CT molecular complexity index is 619. The van der Waals surface area contributed by atoms with Crippen LogP contribution >= 0.6 is 0 Å². The highest BCUT2D eigenvalue weighted by Crippen LogP contribution is 2.38. The van der Waals surface area contributed by atoms with Crippen molar-refractivity contribution < 1.29 is 4.79 Å². The van der Waals surface area contributed by atoms with Crippen molar-refractivity contribution >= 4 is 17.2 Å². The number of carbonyl (C=O) groups is 1. The first kappa shape index (κ1) is 11.8. The Labute approximate surface area is 112 Å². The molecule has 2 atom stereocenters. The number of anilines is 2. The van der Waals surface area contributed by atoms with Gasteiger partial charge in [0, 0.05) is 22.9 Å². The maximum absolute atomic E-state index is 12.2. The summed E-state index contributed by atoms with van der Waals surface area (Å²) in [5.41, 5.74) is 9.31. The molecule has 0 saturated heterocycles. The zero-order chi connectivity index (χ0) is 13.4. The number of hydrogen-bond donors (Lipinski definition) is 2. The molecule has 0 spiro atoms. The van der Waals surface area contributed by atoms with E-state index in [2.05, 4.69) is 5.32 Å². The number of hydrogen-bond acceptors (Lipinski definition) is 3. The number of ketones is 1. The summed E-state index contributed by atoms with van der Waals surface area (Å²) in [5.74, 6) is 0.165. The van der Waals surface area contributed by atoms with Crippen molar-refractivity contribution in [1.82, 2.24) is 0 Å². The van der Waals surface area contributed by atoms with Crippen LogP contribution < -0.4 is 11.1 Å². The van der Waals surface area contributed by atoms with Gasteiger partial charge in [0.15, 0.2) is 5.78 Å². The van der Waals surface area contributed by atoms with Crippen molar-refractivity contribution in [1.29, 1.82) is 0 Å². The second-order valence-electron chi connectivity index (χ2n) is 4.98. The summed E-state index contributed by atoms with van der Waals surface area (Å²) in [6.07, 6.45) is 0. The van der Waals surface area contributed by atoms with E-state index in [-0.39, 0.29) is 17.7 Å². The summed E-state index contributed by atoms with van der Waals surface area (Å²) in [5, 5.41) is 3.43. The number of carbonyl (C=O) groups excluding carboxylic acids is 1. The van der Waals surface area contributed by atoms with Crippen LogP contribution in [0.3, 0.4) is 0 Å². The van der Waals surface area contributed by atoms with E-state index in [4.69, 9.17) is 5.73 Å². The van der Waals surface area contributed by atoms with E-state index in [1.165, 1.54) is 0 Å². The predicted molar refractivity (Wildman–Crippen MR) is 77.2 cm³/mol. The van der Waals surface area contributed by atoms with Gasteiger partial charge in [-0.05, 0) is 29.8 Å². The van der Waals surface area contributed by atoms with Crippen molar-refractivity contribution in [3.8, 4) is 0 Å². The van der Waals surface area contributed by atoms with Gasteiger partial charge in [-0.1, -0.05) is 31.2 Å². The number of nitrogens with two attached hydrogens (primary N) is 1. The molecule has 19 heavy (non-hydrogen) atoms. The smallest absolute Gasteiger partial charge is 0.168 e. The third kappa shape index (κ3) is 1.97. The number of benzene rings is 2. The molecule has 0 amide bonds. The molecule has 2 aromatic carbocycles. The summed E-state index contributed by atoms with van der Waals surface area (Å²) in [7, 11) is 0. The fourth-order valence-electron chi connectivity index (χ4n) is 2.62. The lowest BCUT2D eigenvalue weighted by Gasteiger charge is -2.19. The van der Waals surface area contributed by atoms with Gasteiger partial charge in [0.05, 0.1) is 6.04 Å². The molecule has 0 heterocycles. The monoisotopic (exact) mass is 252 g/mol. The van der Waals surface area contributed by atoms with Gasteiger partial charge in [-0.3, -0.25) is 4.79 Å². The number of fused-ring (bicyclic) bond motifs is 1. The molecule has 96 valence electrons. The van der Waals surface area contributed by atoms with Gasteiger partial charge in [-0.2, -0.15) is 0 Å². The number of rotatable bonds is 2.